The molecule has 0 atom stereocenters. The van der Waals surface area contributed by atoms with E-state index in [2.05, 4.69) is 11.5 Å². The fraction of sp³-hybridized carbons (Fsp3) is 0.333. The lowest BCUT2D eigenvalue weighted by molar-refractivity contribution is -0.134. The van der Waals surface area contributed by atoms with Crippen LogP contribution in [0.4, 0.5) is 0 Å². The Labute approximate surface area is 60.3 Å². The van der Waals surface area contributed by atoms with Crippen molar-refractivity contribution in [2.24, 2.45) is 11.5 Å². The number of carboxylic acid groups (broad SMARTS) is 1. The van der Waals surface area contributed by atoms with Crippen LogP contribution in [0.3, 0.4) is 0 Å². The molecule has 0 amide bonds. The van der Waals surface area contributed by atoms with Crippen molar-refractivity contribution in [3.05, 3.63) is 0 Å². The molecule has 0 spiro atoms. The van der Waals surface area contributed by atoms with Gasteiger partial charge in [-0.2, -0.15) is 0 Å². The van der Waals surface area contributed by atoms with Crippen LogP contribution < -0.4 is 11.5 Å². The first-order valence-electron chi connectivity index (χ1n) is 1.96. The Bertz CT molecular complexity index is 87.2. The van der Waals surface area contributed by atoms with Crippen molar-refractivity contribution in [3.63, 3.8) is 0 Å². The largest absolute Gasteiger partial charge is 0.481 e. The molecule has 10 heavy (non-hydrogen) atoms. The van der Waals surface area contributed by atoms with Gasteiger partial charge in [0.2, 0.25) is 0 Å². The monoisotopic (exact) mass is 167 g/mol. The fourth-order valence-corrected chi connectivity index (χ4v) is 0. The van der Waals surface area contributed by atoms with Gasteiger partial charge in [-0.05, 0) is 0 Å². The van der Waals surface area contributed by atoms with E-state index >= 15 is 0 Å². The first-order chi connectivity index (χ1) is 4.46. The van der Waals surface area contributed by atoms with E-state index in [0.29, 0.717) is 0 Å². The van der Waals surface area contributed by atoms with Crippen molar-refractivity contribution in [1.29, 1.82) is 5.41 Å². The molecule has 0 fully saturated rings. The first-order valence-corrected chi connectivity index (χ1v) is 2.37. The fourth-order valence-electron chi connectivity index (χ4n) is 0. The van der Waals surface area contributed by atoms with Gasteiger partial charge in [-0.25, -0.2) is 0 Å². The molecule has 0 saturated carbocycles. The third-order valence-electron chi connectivity index (χ3n) is 0. The van der Waals surface area contributed by atoms with Crippen LogP contribution in [0.15, 0.2) is 0 Å². The molecule has 0 aliphatic rings. The summed E-state index contributed by atoms with van der Waals surface area (Å²) < 4.78 is 8.06. The lowest BCUT2D eigenvalue weighted by Crippen LogP contribution is -2.20. The number of hydrogen-bond acceptors (Lipinski definition) is 3. The Morgan fingerprint density at radius 3 is 1.50 bits per heavy atom. The van der Waals surface area contributed by atoms with Gasteiger partial charge in [0.25, 0.3) is 5.97 Å². The maximum atomic E-state index is 9.00. The van der Waals surface area contributed by atoms with E-state index in [0.717, 1.165) is 6.92 Å². The predicted octanol–water partition coefficient (Wildman–Crippen LogP) is -0.596. The van der Waals surface area contributed by atoms with Gasteiger partial charge in [-0.3, -0.25) is 14.8 Å². The molecule has 0 saturated heterocycles. The summed E-state index contributed by atoms with van der Waals surface area (Å²) in [7, 11) is 1.72. The SMILES string of the molecule is CC(=O)O.N=C(N)N.O=P. The molecule has 0 aliphatic carbocycles. The first kappa shape index (κ1) is 15.9. The van der Waals surface area contributed by atoms with Crippen molar-refractivity contribution in [1.82, 2.24) is 0 Å². The van der Waals surface area contributed by atoms with Gasteiger partial charge >= 0.3 is 0 Å². The van der Waals surface area contributed by atoms with E-state index in [1.54, 1.807) is 9.12 Å². The second-order valence-electron chi connectivity index (χ2n) is 0.974. The van der Waals surface area contributed by atoms with E-state index in [9.17, 15) is 0 Å². The summed E-state index contributed by atoms with van der Waals surface area (Å²) in [5.41, 5.74) is 8.94. The van der Waals surface area contributed by atoms with E-state index in [4.69, 9.17) is 19.9 Å². The number of hydrogen-bond donors (Lipinski definition) is 4. The van der Waals surface area contributed by atoms with Gasteiger partial charge in [0.15, 0.2) is 5.96 Å². The van der Waals surface area contributed by atoms with Gasteiger partial charge in [0.05, 0.1) is 0 Å². The Morgan fingerprint density at radius 2 is 1.50 bits per heavy atom. The van der Waals surface area contributed by atoms with Crippen molar-refractivity contribution in [3.8, 4) is 0 Å². The average molecular weight is 167 g/mol. The van der Waals surface area contributed by atoms with Crippen LogP contribution in [0.2, 0.25) is 0 Å². The van der Waals surface area contributed by atoms with Gasteiger partial charge in [-0.15, -0.1) is 0 Å². The van der Waals surface area contributed by atoms with E-state index in [1.807, 2.05) is 0 Å². The Kier molecular flexibility index (Phi) is 24.9. The smallest absolute Gasteiger partial charge is 0.300 e. The van der Waals surface area contributed by atoms with E-state index in [-0.39, 0.29) is 5.96 Å². The highest BCUT2D eigenvalue weighted by atomic mass is 31.0. The minimum absolute atomic E-state index is 0.333. The molecule has 0 radical (unpaired) electrons. The van der Waals surface area contributed by atoms with Gasteiger partial charge < -0.3 is 16.6 Å². The Morgan fingerprint density at radius 1 is 1.50 bits per heavy atom. The average Bonchev–Trinajstić information content (AvgIpc) is 1.66. The summed E-state index contributed by atoms with van der Waals surface area (Å²) in [5, 5.41) is 13.5. The summed E-state index contributed by atoms with van der Waals surface area (Å²) >= 11 is 0. The van der Waals surface area contributed by atoms with Crippen molar-refractivity contribution in [2.75, 3.05) is 0 Å². The summed E-state index contributed by atoms with van der Waals surface area (Å²) in [6, 6.07) is 0. The number of rotatable bonds is 0. The van der Waals surface area contributed by atoms with Gasteiger partial charge in [0.1, 0.15) is 9.12 Å². The third-order valence-corrected chi connectivity index (χ3v) is 0. The zero-order valence-corrected chi connectivity index (χ0v) is 6.42. The van der Waals surface area contributed by atoms with Gasteiger partial charge in [-0.1, -0.05) is 0 Å². The number of carbonyl (C=O) groups is 1. The van der Waals surface area contributed by atoms with Crippen molar-refractivity contribution in [2.45, 2.75) is 6.92 Å². The molecule has 0 aromatic carbocycles. The van der Waals surface area contributed by atoms with Crippen LogP contribution in [0, 0.1) is 5.41 Å². The highest BCUT2D eigenvalue weighted by Crippen LogP contribution is 1.42. The summed E-state index contributed by atoms with van der Waals surface area (Å²) in [5.74, 6) is -1.17. The maximum Gasteiger partial charge on any atom is 0.300 e. The molecule has 0 heterocycles. The molecule has 0 aromatic heterocycles. The second-order valence-corrected chi connectivity index (χ2v) is 0.974. The molecule has 0 unspecified atom stereocenters. The summed E-state index contributed by atoms with van der Waals surface area (Å²) in [6.07, 6.45) is 0. The molecule has 0 aromatic rings. The molecule has 0 bridgehead atoms. The zero-order chi connectivity index (χ0) is 9.15. The topological polar surface area (TPSA) is 130 Å². The Hall–Kier alpha value is -1.16. The lowest BCUT2D eigenvalue weighted by Gasteiger charge is -1.69. The summed E-state index contributed by atoms with van der Waals surface area (Å²) in [6.45, 7) is 1.08. The van der Waals surface area contributed by atoms with Crippen LogP contribution in [0.1, 0.15) is 6.92 Å². The number of guanidine groups is 1. The number of aliphatic carboxylic acids is 1. The minimum Gasteiger partial charge on any atom is -0.481 e. The molecular weight excluding hydrogens is 157 g/mol. The standard InChI is InChI=1S/C2H4O2.CH5N3.HOP/c1-2(3)4;2-1(3)4;1-2/h1H3,(H,3,4);(H5,2,3,4);2H. The van der Waals surface area contributed by atoms with Crippen LogP contribution >= 0.6 is 9.12 Å². The molecule has 6 nitrogen and oxygen atoms in total. The number of nitrogens with two attached hydrogens (primary N) is 2. The second kappa shape index (κ2) is 15.7. The van der Waals surface area contributed by atoms with Crippen LogP contribution in [0.5, 0.6) is 0 Å². The Balaban J connectivity index is -0.0000000787. The third kappa shape index (κ3) is 173. The molecular formula is C3H10N3O3P. The highest BCUT2D eigenvalue weighted by Gasteiger charge is 1.65. The molecule has 0 rings (SSSR count). The molecule has 0 aliphatic heterocycles. The van der Waals surface area contributed by atoms with Crippen molar-refractivity contribution >= 4 is 21.0 Å². The zero-order valence-electron chi connectivity index (χ0n) is 5.42. The van der Waals surface area contributed by atoms with Gasteiger partial charge in [0, 0.05) is 6.92 Å². The normalized spacial score (nSPS) is 5.30. The maximum absolute atomic E-state index is 9.00. The number of carboxylic acids is 1. The van der Waals surface area contributed by atoms with Crippen molar-refractivity contribution < 1.29 is 14.5 Å². The van der Waals surface area contributed by atoms with E-state index < -0.39 is 5.97 Å². The molecule has 60 valence electrons. The van der Waals surface area contributed by atoms with Crippen LogP contribution in [-0.2, 0) is 9.36 Å². The van der Waals surface area contributed by atoms with Crippen LogP contribution in [-0.4, -0.2) is 17.0 Å². The minimum atomic E-state index is -0.833. The molecule has 7 heteroatoms. The summed E-state index contributed by atoms with van der Waals surface area (Å²) in [4.78, 5) is 9.00. The predicted molar refractivity (Wildman–Crippen MR) is 38.4 cm³/mol. The van der Waals surface area contributed by atoms with Crippen LogP contribution in [0.25, 0.3) is 0 Å². The number of nitrogens with one attached hydrogen (secondary N) is 1. The highest BCUT2D eigenvalue weighted by molar-refractivity contribution is 7.00. The van der Waals surface area contributed by atoms with E-state index in [1.165, 1.54) is 0 Å². The molecule has 6 N–H and O–H groups in total. The quantitative estimate of drug-likeness (QED) is 0.217. The lowest BCUT2D eigenvalue weighted by atomic mass is 10.9.